The Morgan fingerprint density at radius 3 is 2.42 bits per heavy atom. The van der Waals surface area contributed by atoms with Gasteiger partial charge in [-0.05, 0) is 49.1 Å². The van der Waals surface area contributed by atoms with Crippen molar-refractivity contribution in [3.63, 3.8) is 0 Å². The zero-order valence-corrected chi connectivity index (χ0v) is 20.7. The van der Waals surface area contributed by atoms with Gasteiger partial charge in [0.1, 0.15) is 12.1 Å². The monoisotopic (exact) mass is 512 g/mol. The highest BCUT2D eigenvalue weighted by atomic mass is 32.2. The van der Waals surface area contributed by atoms with Gasteiger partial charge in [-0.1, -0.05) is 30.3 Å². The largest absolute Gasteiger partial charge is 0.481 e. The van der Waals surface area contributed by atoms with Crippen LogP contribution in [0.3, 0.4) is 0 Å². The SMILES string of the molecule is COc1cc(NS(=O)(=O)c2ccc(NC(=O)CCCC(=O)OCCCc3ccccc3)cc2)ncn1. The molecule has 11 heteroatoms. The summed E-state index contributed by atoms with van der Waals surface area (Å²) in [5, 5.41) is 2.69. The normalized spacial score (nSPS) is 10.9. The number of ether oxygens (including phenoxy) is 2. The number of carbonyl (C=O) groups excluding carboxylic acids is 2. The number of aryl methyl sites for hydroxylation is 1. The van der Waals surface area contributed by atoms with E-state index in [1.165, 1.54) is 49.3 Å². The first-order valence-corrected chi connectivity index (χ1v) is 12.8. The van der Waals surface area contributed by atoms with Gasteiger partial charge in [-0.15, -0.1) is 0 Å². The van der Waals surface area contributed by atoms with Crippen LogP contribution in [0.15, 0.2) is 71.9 Å². The predicted molar refractivity (Wildman–Crippen MR) is 134 cm³/mol. The number of methoxy groups -OCH3 is 1. The van der Waals surface area contributed by atoms with Crippen LogP contribution in [0.1, 0.15) is 31.2 Å². The van der Waals surface area contributed by atoms with Crippen LogP contribution in [0.2, 0.25) is 0 Å². The van der Waals surface area contributed by atoms with E-state index < -0.39 is 10.0 Å². The van der Waals surface area contributed by atoms with E-state index in [1.54, 1.807) is 0 Å². The summed E-state index contributed by atoms with van der Waals surface area (Å²) in [6.45, 7) is 0.342. The van der Waals surface area contributed by atoms with Crippen molar-refractivity contribution in [1.82, 2.24) is 9.97 Å². The van der Waals surface area contributed by atoms with Gasteiger partial charge in [-0.2, -0.15) is 0 Å². The van der Waals surface area contributed by atoms with E-state index >= 15 is 0 Å². The van der Waals surface area contributed by atoms with E-state index in [0.29, 0.717) is 18.7 Å². The van der Waals surface area contributed by atoms with Crippen molar-refractivity contribution >= 4 is 33.4 Å². The topological polar surface area (TPSA) is 137 Å². The van der Waals surface area contributed by atoms with E-state index in [9.17, 15) is 18.0 Å². The number of hydrogen-bond acceptors (Lipinski definition) is 8. The van der Waals surface area contributed by atoms with Gasteiger partial charge < -0.3 is 14.8 Å². The number of anilines is 2. The summed E-state index contributed by atoms with van der Waals surface area (Å²) in [7, 11) is -2.48. The predicted octanol–water partition coefficient (Wildman–Crippen LogP) is 3.57. The highest BCUT2D eigenvalue weighted by molar-refractivity contribution is 7.92. The lowest BCUT2D eigenvalue weighted by Gasteiger charge is -2.09. The molecule has 36 heavy (non-hydrogen) atoms. The lowest BCUT2D eigenvalue weighted by Crippen LogP contribution is -2.15. The van der Waals surface area contributed by atoms with Crippen LogP contribution >= 0.6 is 0 Å². The molecular weight excluding hydrogens is 484 g/mol. The number of aromatic nitrogens is 2. The maximum absolute atomic E-state index is 12.6. The van der Waals surface area contributed by atoms with Crippen LogP contribution in [0.4, 0.5) is 11.5 Å². The molecule has 0 radical (unpaired) electrons. The van der Waals surface area contributed by atoms with Crippen LogP contribution in [0.25, 0.3) is 0 Å². The summed E-state index contributed by atoms with van der Waals surface area (Å²) < 4.78 is 37.6. The summed E-state index contributed by atoms with van der Waals surface area (Å²) in [4.78, 5) is 31.7. The minimum atomic E-state index is -3.89. The van der Waals surface area contributed by atoms with Gasteiger partial charge in [0, 0.05) is 24.6 Å². The molecule has 3 rings (SSSR count). The van der Waals surface area contributed by atoms with Gasteiger partial charge in [0.2, 0.25) is 11.8 Å². The first-order valence-electron chi connectivity index (χ1n) is 11.3. The van der Waals surface area contributed by atoms with Crippen LogP contribution in [-0.4, -0.2) is 44.0 Å². The number of hydrogen-bond donors (Lipinski definition) is 2. The number of esters is 1. The maximum Gasteiger partial charge on any atom is 0.305 e. The quantitative estimate of drug-likeness (QED) is 0.262. The Bertz CT molecular complexity index is 1250. The Morgan fingerprint density at radius 2 is 1.69 bits per heavy atom. The van der Waals surface area contributed by atoms with Crippen molar-refractivity contribution in [1.29, 1.82) is 0 Å². The second-order valence-corrected chi connectivity index (χ2v) is 9.47. The molecule has 0 saturated carbocycles. The molecule has 1 amide bonds. The molecule has 0 aliphatic rings. The van der Waals surface area contributed by atoms with Crippen molar-refractivity contribution in [3.8, 4) is 5.88 Å². The molecule has 0 spiro atoms. The molecule has 0 atom stereocenters. The molecule has 0 aliphatic heterocycles. The second kappa shape index (κ2) is 13.2. The summed E-state index contributed by atoms with van der Waals surface area (Å²) in [6.07, 6.45) is 3.39. The highest BCUT2D eigenvalue weighted by Crippen LogP contribution is 2.19. The highest BCUT2D eigenvalue weighted by Gasteiger charge is 2.16. The van der Waals surface area contributed by atoms with Gasteiger partial charge >= 0.3 is 5.97 Å². The molecule has 2 N–H and O–H groups in total. The summed E-state index contributed by atoms with van der Waals surface area (Å²) in [6, 6.07) is 17.0. The third-order valence-electron chi connectivity index (χ3n) is 5.04. The fraction of sp³-hybridized carbons (Fsp3) is 0.280. The van der Waals surface area contributed by atoms with E-state index in [1.807, 2.05) is 30.3 Å². The third kappa shape index (κ3) is 8.66. The second-order valence-electron chi connectivity index (χ2n) is 7.79. The van der Waals surface area contributed by atoms with Gasteiger partial charge in [0.05, 0.1) is 18.6 Å². The van der Waals surface area contributed by atoms with Gasteiger partial charge in [-0.25, -0.2) is 18.4 Å². The molecule has 2 aromatic carbocycles. The first-order chi connectivity index (χ1) is 17.4. The number of nitrogens with zero attached hydrogens (tertiary/aromatic N) is 2. The summed E-state index contributed by atoms with van der Waals surface area (Å²) in [5.41, 5.74) is 1.63. The number of amides is 1. The fourth-order valence-corrected chi connectivity index (χ4v) is 4.22. The Kier molecular flexibility index (Phi) is 9.75. The number of sulfonamides is 1. The zero-order valence-electron chi connectivity index (χ0n) is 19.8. The smallest absolute Gasteiger partial charge is 0.305 e. The Morgan fingerprint density at radius 1 is 0.944 bits per heavy atom. The maximum atomic E-state index is 12.6. The average molecular weight is 513 g/mol. The Balaban J connectivity index is 1.37. The standard InChI is InChI=1S/C25H28N4O6S/c1-34-24-17-22(26-18-27-24)29-36(32,33)21-14-12-20(13-15-21)28-23(30)10-5-11-25(31)35-16-6-9-19-7-3-2-4-8-19/h2-4,7-8,12-15,17-18H,5-6,9-11,16H2,1H3,(H,28,30)(H,26,27,29). The number of benzene rings is 2. The van der Waals surface area contributed by atoms with Crippen molar-refractivity contribution in [3.05, 3.63) is 72.6 Å². The number of rotatable bonds is 13. The van der Waals surface area contributed by atoms with Gasteiger partial charge in [0.15, 0.2) is 0 Å². The van der Waals surface area contributed by atoms with Crippen molar-refractivity contribution in [2.75, 3.05) is 23.8 Å². The third-order valence-corrected chi connectivity index (χ3v) is 6.41. The van der Waals surface area contributed by atoms with Gasteiger partial charge in [-0.3, -0.25) is 14.3 Å². The molecule has 1 heterocycles. The van der Waals surface area contributed by atoms with Crippen molar-refractivity contribution < 1.29 is 27.5 Å². The Labute approximate surface area is 210 Å². The molecule has 1 aromatic heterocycles. The minimum Gasteiger partial charge on any atom is -0.481 e. The molecule has 10 nitrogen and oxygen atoms in total. The van der Waals surface area contributed by atoms with Gasteiger partial charge in [0.25, 0.3) is 10.0 Å². The molecule has 3 aromatic rings. The molecule has 0 unspecified atom stereocenters. The van der Waals surface area contributed by atoms with Crippen LogP contribution in [-0.2, 0) is 30.8 Å². The van der Waals surface area contributed by atoms with E-state index in [4.69, 9.17) is 9.47 Å². The number of carbonyl (C=O) groups is 2. The van der Waals surface area contributed by atoms with Crippen molar-refractivity contribution in [2.24, 2.45) is 0 Å². The van der Waals surface area contributed by atoms with E-state index in [-0.39, 0.29) is 41.3 Å². The molecule has 0 bridgehead atoms. The van der Waals surface area contributed by atoms with Crippen LogP contribution < -0.4 is 14.8 Å². The van der Waals surface area contributed by atoms with Crippen LogP contribution in [0, 0.1) is 0 Å². The minimum absolute atomic E-state index is 0.00640. The molecule has 0 fully saturated rings. The zero-order chi connectivity index (χ0) is 25.8. The summed E-state index contributed by atoms with van der Waals surface area (Å²) >= 11 is 0. The first kappa shape index (κ1) is 26.6. The molecule has 0 aliphatic carbocycles. The number of nitrogens with one attached hydrogen (secondary N) is 2. The lowest BCUT2D eigenvalue weighted by atomic mass is 10.1. The van der Waals surface area contributed by atoms with E-state index in [0.717, 1.165) is 12.8 Å². The molecule has 190 valence electrons. The molecule has 0 saturated heterocycles. The average Bonchev–Trinajstić information content (AvgIpc) is 2.87. The summed E-state index contributed by atoms with van der Waals surface area (Å²) in [5.74, 6) is -0.334. The lowest BCUT2D eigenvalue weighted by molar-refractivity contribution is -0.143. The molecular formula is C25H28N4O6S. The van der Waals surface area contributed by atoms with Crippen LogP contribution in [0.5, 0.6) is 5.88 Å². The van der Waals surface area contributed by atoms with Crippen molar-refractivity contribution in [2.45, 2.75) is 37.0 Å². The van der Waals surface area contributed by atoms with E-state index in [2.05, 4.69) is 20.0 Å². The Hall–Kier alpha value is -3.99. The fourth-order valence-electron chi connectivity index (χ4n) is 3.22.